The molecule has 3 nitrogen and oxygen atoms in total. The van der Waals surface area contributed by atoms with Gasteiger partial charge in [-0.3, -0.25) is 0 Å². The van der Waals surface area contributed by atoms with Crippen molar-refractivity contribution in [3.8, 4) is 0 Å². The first-order chi connectivity index (χ1) is 7.83. The fraction of sp³-hybridized carbons (Fsp3) is 0.455. The molecule has 0 aliphatic rings. The summed E-state index contributed by atoms with van der Waals surface area (Å²) in [5.74, 6) is -1.42. The minimum Gasteiger partial charge on any atom is -0.213 e. The molecule has 6 heteroatoms. The van der Waals surface area contributed by atoms with E-state index in [1.165, 1.54) is 6.07 Å². The van der Waals surface area contributed by atoms with Gasteiger partial charge in [-0.2, -0.15) is 0 Å². The molecule has 0 aliphatic heterocycles. The first-order valence-corrected chi connectivity index (χ1v) is 7.15. The van der Waals surface area contributed by atoms with Crippen LogP contribution in [0.3, 0.4) is 0 Å². The third-order valence-electron chi connectivity index (χ3n) is 2.27. The molecule has 96 valence electrons. The van der Waals surface area contributed by atoms with E-state index >= 15 is 0 Å². The highest BCUT2D eigenvalue weighted by atomic mass is 32.2. The summed E-state index contributed by atoms with van der Waals surface area (Å²) in [7, 11) is -3.43. The van der Waals surface area contributed by atoms with Crippen molar-refractivity contribution in [3.05, 3.63) is 35.4 Å². The lowest BCUT2D eigenvalue weighted by Gasteiger charge is -2.17. The monoisotopic (exact) mass is 263 g/mol. The van der Waals surface area contributed by atoms with Crippen LogP contribution in [0.1, 0.15) is 31.4 Å². The van der Waals surface area contributed by atoms with Crippen LogP contribution in [-0.4, -0.2) is 14.7 Å². The van der Waals surface area contributed by atoms with Crippen molar-refractivity contribution < 1.29 is 17.2 Å². The highest BCUT2D eigenvalue weighted by Gasteiger charge is 2.18. The Morgan fingerprint density at radius 2 is 2.00 bits per heavy atom. The van der Waals surface area contributed by atoms with E-state index in [1.54, 1.807) is 0 Å². The number of rotatable bonds is 5. The van der Waals surface area contributed by atoms with Crippen LogP contribution < -0.4 is 4.72 Å². The molecule has 1 atom stereocenters. The number of nitrogens with one attached hydrogen (secondary N) is 1. The molecule has 0 aromatic heterocycles. The van der Waals surface area contributed by atoms with E-state index in [9.17, 15) is 17.2 Å². The van der Waals surface area contributed by atoms with Gasteiger partial charge in [0.25, 0.3) is 0 Å². The van der Waals surface area contributed by atoms with Crippen molar-refractivity contribution >= 4 is 10.0 Å². The van der Waals surface area contributed by atoms with Crippen LogP contribution in [0.4, 0.5) is 8.78 Å². The molecule has 0 bridgehead atoms. The lowest BCUT2D eigenvalue weighted by Crippen LogP contribution is -2.28. The second-order valence-corrected chi connectivity index (χ2v) is 5.68. The van der Waals surface area contributed by atoms with Crippen molar-refractivity contribution in [2.24, 2.45) is 0 Å². The number of hydrogen-bond acceptors (Lipinski definition) is 2. The maximum atomic E-state index is 13.5. The average Bonchev–Trinajstić information content (AvgIpc) is 2.14. The second-order valence-electron chi connectivity index (χ2n) is 3.90. The Hall–Kier alpha value is -1.01. The molecule has 1 N–H and O–H groups in total. The Kier molecular flexibility index (Phi) is 4.59. The summed E-state index contributed by atoms with van der Waals surface area (Å²) < 4.78 is 50.9. The predicted octanol–water partition coefficient (Wildman–Crippen LogP) is 2.36. The fourth-order valence-electron chi connectivity index (χ4n) is 1.61. The fourth-order valence-corrected chi connectivity index (χ4v) is 2.37. The van der Waals surface area contributed by atoms with Crippen LogP contribution in [0, 0.1) is 11.6 Å². The Labute approximate surface area is 99.9 Å². The van der Waals surface area contributed by atoms with E-state index < -0.39 is 27.7 Å². The molecule has 0 unspecified atom stereocenters. The third kappa shape index (κ3) is 4.40. The van der Waals surface area contributed by atoms with Crippen molar-refractivity contribution in [3.63, 3.8) is 0 Å². The average molecular weight is 263 g/mol. The van der Waals surface area contributed by atoms with Crippen molar-refractivity contribution in [2.45, 2.75) is 25.8 Å². The van der Waals surface area contributed by atoms with Crippen LogP contribution in [0.2, 0.25) is 0 Å². The standard InChI is InChI=1S/C11H15F2NO2S/c1-3-4-11(14-17(2,15)16)9-6-5-8(12)7-10(9)13/h5-7,11,14H,3-4H2,1-2H3/t11-/m0/s1. The SMILES string of the molecule is CCC[C@H](NS(C)(=O)=O)c1ccc(F)cc1F. The quantitative estimate of drug-likeness (QED) is 0.886. The first-order valence-electron chi connectivity index (χ1n) is 5.25. The topological polar surface area (TPSA) is 46.2 Å². The van der Waals surface area contributed by atoms with Crippen LogP contribution >= 0.6 is 0 Å². The zero-order chi connectivity index (χ0) is 13.1. The van der Waals surface area contributed by atoms with Gasteiger partial charge in [0.15, 0.2) is 0 Å². The first kappa shape index (κ1) is 14.1. The molecule has 0 heterocycles. The number of hydrogen-bond donors (Lipinski definition) is 1. The van der Waals surface area contributed by atoms with E-state index in [0.717, 1.165) is 18.4 Å². The van der Waals surface area contributed by atoms with E-state index in [2.05, 4.69) is 4.72 Å². The van der Waals surface area contributed by atoms with Gasteiger partial charge >= 0.3 is 0 Å². The molecule has 0 fully saturated rings. The zero-order valence-electron chi connectivity index (χ0n) is 9.70. The lowest BCUT2D eigenvalue weighted by molar-refractivity contribution is 0.508. The van der Waals surface area contributed by atoms with E-state index in [0.29, 0.717) is 12.8 Å². The summed E-state index contributed by atoms with van der Waals surface area (Å²) in [6.07, 6.45) is 2.15. The predicted molar refractivity (Wildman–Crippen MR) is 62.0 cm³/mol. The van der Waals surface area contributed by atoms with Crippen LogP contribution in [0.25, 0.3) is 0 Å². The molecular weight excluding hydrogens is 248 g/mol. The summed E-state index contributed by atoms with van der Waals surface area (Å²) >= 11 is 0. The molecule has 1 aromatic carbocycles. The van der Waals surface area contributed by atoms with Crippen LogP contribution in [0.15, 0.2) is 18.2 Å². The molecule has 0 saturated carbocycles. The van der Waals surface area contributed by atoms with Crippen LogP contribution in [0.5, 0.6) is 0 Å². The summed E-state index contributed by atoms with van der Waals surface area (Å²) in [5.41, 5.74) is 0.165. The van der Waals surface area contributed by atoms with Crippen LogP contribution in [-0.2, 0) is 10.0 Å². The maximum absolute atomic E-state index is 13.5. The van der Waals surface area contributed by atoms with Gasteiger partial charge in [-0.1, -0.05) is 19.4 Å². The summed E-state index contributed by atoms with van der Waals surface area (Å²) in [6, 6.07) is 2.48. The number of benzene rings is 1. The largest absolute Gasteiger partial charge is 0.213 e. The van der Waals surface area contributed by atoms with Crippen molar-refractivity contribution in [1.29, 1.82) is 0 Å². The molecular formula is C11H15F2NO2S. The summed E-state index contributed by atoms with van der Waals surface area (Å²) in [5, 5.41) is 0. The van der Waals surface area contributed by atoms with Gasteiger partial charge in [-0.25, -0.2) is 21.9 Å². The Morgan fingerprint density at radius 3 is 2.47 bits per heavy atom. The molecule has 1 rings (SSSR count). The van der Waals surface area contributed by atoms with E-state index in [1.807, 2.05) is 6.92 Å². The molecule has 0 aliphatic carbocycles. The van der Waals surface area contributed by atoms with Crippen molar-refractivity contribution in [1.82, 2.24) is 4.72 Å². The second kappa shape index (κ2) is 5.55. The van der Waals surface area contributed by atoms with Gasteiger partial charge in [0.2, 0.25) is 10.0 Å². The van der Waals surface area contributed by atoms with E-state index in [4.69, 9.17) is 0 Å². The number of halogens is 2. The maximum Gasteiger partial charge on any atom is 0.209 e. The third-order valence-corrected chi connectivity index (χ3v) is 2.98. The normalized spacial score (nSPS) is 13.6. The molecule has 1 aromatic rings. The molecule has 17 heavy (non-hydrogen) atoms. The summed E-state index contributed by atoms with van der Waals surface area (Å²) in [6.45, 7) is 1.86. The minimum absolute atomic E-state index is 0.165. The van der Waals surface area contributed by atoms with Gasteiger partial charge < -0.3 is 0 Å². The smallest absolute Gasteiger partial charge is 0.209 e. The molecule has 0 spiro atoms. The highest BCUT2D eigenvalue weighted by Crippen LogP contribution is 2.22. The van der Waals surface area contributed by atoms with Gasteiger partial charge in [-0.15, -0.1) is 0 Å². The summed E-state index contributed by atoms with van der Waals surface area (Å²) in [4.78, 5) is 0. The Morgan fingerprint density at radius 1 is 1.35 bits per heavy atom. The van der Waals surface area contributed by atoms with Gasteiger partial charge in [-0.05, 0) is 12.5 Å². The van der Waals surface area contributed by atoms with Crippen molar-refractivity contribution in [2.75, 3.05) is 6.26 Å². The van der Waals surface area contributed by atoms with Gasteiger partial charge in [0, 0.05) is 17.7 Å². The van der Waals surface area contributed by atoms with E-state index in [-0.39, 0.29) is 5.56 Å². The minimum atomic E-state index is -3.43. The highest BCUT2D eigenvalue weighted by molar-refractivity contribution is 7.88. The van der Waals surface area contributed by atoms with Gasteiger partial charge in [0.05, 0.1) is 6.26 Å². The Bertz CT molecular complexity index is 488. The Balaban J connectivity index is 3.05. The molecule has 0 radical (unpaired) electrons. The molecule has 0 saturated heterocycles. The van der Waals surface area contributed by atoms with Gasteiger partial charge in [0.1, 0.15) is 11.6 Å². The zero-order valence-corrected chi connectivity index (χ0v) is 10.5. The lowest BCUT2D eigenvalue weighted by atomic mass is 10.0. The molecule has 0 amide bonds. The number of sulfonamides is 1.